The topological polar surface area (TPSA) is 51.2 Å². The van der Waals surface area contributed by atoms with Crippen molar-refractivity contribution in [3.05, 3.63) is 59.7 Å². The Morgan fingerprint density at radius 3 is 2.75 bits per heavy atom. The van der Waals surface area contributed by atoms with Crippen LogP contribution in [0.3, 0.4) is 0 Å². The van der Waals surface area contributed by atoms with Gasteiger partial charge in [-0.1, -0.05) is 19.9 Å². The molecule has 0 aliphatic heterocycles. The number of carbonyl (C=O) groups excluding carboxylic acids is 1. The van der Waals surface area contributed by atoms with Crippen molar-refractivity contribution in [2.45, 2.75) is 39.3 Å². The van der Waals surface area contributed by atoms with E-state index in [9.17, 15) is 9.18 Å². The van der Waals surface area contributed by atoms with Gasteiger partial charge in [-0.15, -0.1) is 0 Å². The number of nitrogens with zero attached hydrogens (tertiary/aromatic N) is 1. The Morgan fingerprint density at radius 1 is 1.33 bits per heavy atom. The quantitative estimate of drug-likeness (QED) is 0.910. The first-order valence-corrected chi connectivity index (χ1v) is 8.05. The summed E-state index contributed by atoms with van der Waals surface area (Å²) in [4.78, 5) is 16.4. The highest BCUT2D eigenvalue weighted by molar-refractivity contribution is 5.94. The molecule has 1 N–H and O–H groups in total. The van der Waals surface area contributed by atoms with Gasteiger partial charge in [0.15, 0.2) is 0 Å². The minimum atomic E-state index is -0.341. The Kier molecular flexibility index (Phi) is 4.51. The molecule has 0 atom stereocenters. The van der Waals surface area contributed by atoms with Crippen LogP contribution in [0.4, 0.5) is 4.39 Å². The summed E-state index contributed by atoms with van der Waals surface area (Å²) < 4.78 is 18.6. The van der Waals surface area contributed by atoms with E-state index < -0.39 is 0 Å². The van der Waals surface area contributed by atoms with E-state index in [0.717, 1.165) is 12.8 Å². The fraction of sp³-hybridized carbons (Fsp3) is 0.368. The molecule has 3 rings (SSSR count). The molecule has 0 saturated heterocycles. The second-order valence-electron chi connectivity index (χ2n) is 7.03. The van der Waals surface area contributed by atoms with Crippen LogP contribution in [0.15, 0.2) is 42.6 Å². The average Bonchev–Trinajstić information content (AvgIpc) is 2.52. The third kappa shape index (κ3) is 4.10. The van der Waals surface area contributed by atoms with E-state index in [4.69, 9.17) is 4.74 Å². The summed E-state index contributed by atoms with van der Waals surface area (Å²) in [5.74, 6) is 0.0125. The summed E-state index contributed by atoms with van der Waals surface area (Å²) in [7, 11) is 0. The molecule has 1 aliphatic rings. The van der Waals surface area contributed by atoms with Crippen molar-refractivity contribution in [1.82, 2.24) is 10.3 Å². The van der Waals surface area contributed by atoms with E-state index in [2.05, 4.69) is 24.1 Å². The summed E-state index contributed by atoms with van der Waals surface area (Å²) >= 11 is 0. The number of carbonyl (C=O) groups is 1. The second-order valence-corrected chi connectivity index (χ2v) is 7.03. The third-order valence-corrected chi connectivity index (χ3v) is 4.20. The zero-order chi connectivity index (χ0) is 17.2. The number of hydrogen-bond acceptors (Lipinski definition) is 3. The molecule has 0 unspecified atom stereocenters. The molecule has 126 valence electrons. The van der Waals surface area contributed by atoms with Gasteiger partial charge >= 0.3 is 0 Å². The van der Waals surface area contributed by atoms with Gasteiger partial charge in [0.05, 0.1) is 11.3 Å². The van der Waals surface area contributed by atoms with Crippen LogP contribution in [0.5, 0.6) is 5.75 Å². The third-order valence-electron chi connectivity index (χ3n) is 4.20. The van der Waals surface area contributed by atoms with Gasteiger partial charge in [-0.2, -0.15) is 0 Å². The highest BCUT2D eigenvalue weighted by atomic mass is 19.1. The molecule has 1 aromatic carbocycles. The smallest absolute Gasteiger partial charge is 0.253 e. The second kappa shape index (κ2) is 6.59. The highest BCUT2D eigenvalue weighted by Gasteiger charge is 2.36. The number of pyridine rings is 1. The molecule has 5 heteroatoms. The maximum atomic E-state index is 13.1. The summed E-state index contributed by atoms with van der Waals surface area (Å²) in [6.07, 6.45) is 3.56. The lowest BCUT2D eigenvalue weighted by atomic mass is 9.68. The lowest BCUT2D eigenvalue weighted by Crippen LogP contribution is -2.48. The van der Waals surface area contributed by atoms with Gasteiger partial charge < -0.3 is 10.1 Å². The number of rotatable bonds is 5. The molecule has 4 nitrogen and oxygen atoms in total. The summed E-state index contributed by atoms with van der Waals surface area (Å²) in [6.45, 7) is 4.62. The predicted octanol–water partition coefficient (Wildman–Crippen LogP) is 3.72. The molecular formula is C19H21FN2O2. The molecule has 24 heavy (non-hydrogen) atoms. The van der Waals surface area contributed by atoms with Crippen LogP contribution in [-0.2, 0) is 6.61 Å². The van der Waals surface area contributed by atoms with Gasteiger partial charge in [0, 0.05) is 18.3 Å². The maximum Gasteiger partial charge on any atom is 0.253 e. The van der Waals surface area contributed by atoms with Crippen LogP contribution >= 0.6 is 0 Å². The van der Waals surface area contributed by atoms with Crippen molar-refractivity contribution in [2.75, 3.05) is 0 Å². The lowest BCUT2D eigenvalue weighted by Gasteiger charge is -2.42. The van der Waals surface area contributed by atoms with E-state index >= 15 is 0 Å². The first-order chi connectivity index (χ1) is 11.4. The van der Waals surface area contributed by atoms with Crippen molar-refractivity contribution in [3.63, 3.8) is 0 Å². The van der Waals surface area contributed by atoms with Crippen LogP contribution in [0.25, 0.3) is 0 Å². The largest absolute Gasteiger partial charge is 0.487 e. The summed E-state index contributed by atoms with van der Waals surface area (Å²) in [5.41, 5.74) is 1.55. The molecular weight excluding hydrogens is 307 g/mol. The minimum Gasteiger partial charge on any atom is -0.487 e. The van der Waals surface area contributed by atoms with Crippen molar-refractivity contribution < 1.29 is 13.9 Å². The summed E-state index contributed by atoms with van der Waals surface area (Å²) in [5, 5.41) is 3.02. The van der Waals surface area contributed by atoms with E-state index in [1.807, 2.05) is 0 Å². The molecule has 1 aliphatic carbocycles. The zero-order valence-corrected chi connectivity index (χ0v) is 13.9. The van der Waals surface area contributed by atoms with Crippen molar-refractivity contribution in [3.8, 4) is 5.75 Å². The lowest BCUT2D eigenvalue weighted by molar-refractivity contribution is 0.0802. The van der Waals surface area contributed by atoms with Gasteiger partial charge in [-0.3, -0.25) is 9.78 Å². The van der Waals surface area contributed by atoms with Gasteiger partial charge in [0.1, 0.15) is 18.2 Å². The summed E-state index contributed by atoms with van der Waals surface area (Å²) in [6, 6.07) is 9.69. The number of aromatic nitrogens is 1. The SMILES string of the molecule is CC1(C)CC(NC(=O)c2ccc(COc3cccc(F)c3)nc2)C1. The van der Waals surface area contributed by atoms with E-state index in [1.54, 1.807) is 30.5 Å². The highest BCUT2D eigenvalue weighted by Crippen LogP contribution is 2.39. The molecule has 1 amide bonds. The fourth-order valence-corrected chi connectivity index (χ4v) is 3.00. The number of hydrogen-bond donors (Lipinski definition) is 1. The number of halogens is 1. The van der Waals surface area contributed by atoms with E-state index in [0.29, 0.717) is 22.4 Å². The normalized spacial score (nSPS) is 16.3. The Hall–Kier alpha value is -2.43. The van der Waals surface area contributed by atoms with Crippen LogP contribution in [0.1, 0.15) is 42.7 Å². The predicted molar refractivity (Wildman–Crippen MR) is 89.2 cm³/mol. The first kappa shape index (κ1) is 16.4. The van der Waals surface area contributed by atoms with Gasteiger partial charge in [-0.25, -0.2) is 4.39 Å². The molecule has 1 heterocycles. The number of ether oxygens (including phenoxy) is 1. The van der Waals surface area contributed by atoms with Gasteiger partial charge in [-0.05, 0) is 42.5 Å². The minimum absolute atomic E-state index is 0.0967. The van der Waals surface area contributed by atoms with E-state index in [1.165, 1.54) is 12.1 Å². The van der Waals surface area contributed by atoms with Gasteiger partial charge in [0.25, 0.3) is 5.91 Å². The molecule has 1 fully saturated rings. The molecule has 0 spiro atoms. The zero-order valence-electron chi connectivity index (χ0n) is 13.9. The fourth-order valence-electron chi connectivity index (χ4n) is 3.00. The molecule has 1 aromatic heterocycles. The Bertz CT molecular complexity index is 720. The molecule has 1 saturated carbocycles. The molecule has 2 aromatic rings. The standard InChI is InChI=1S/C19H21FN2O2/c1-19(2)9-16(10-19)22-18(23)13-6-7-15(21-11-13)12-24-17-5-3-4-14(20)8-17/h3-8,11,16H,9-10,12H2,1-2H3,(H,22,23). The van der Waals surface area contributed by atoms with Crippen molar-refractivity contribution in [2.24, 2.45) is 5.41 Å². The Labute approximate surface area is 141 Å². The maximum absolute atomic E-state index is 13.1. The Balaban J connectivity index is 1.52. The molecule has 0 radical (unpaired) electrons. The Morgan fingerprint density at radius 2 is 2.12 bits per heavy atom. The van der Waals surface area contributed by atoms with Crippen LogP contribution in [0.2, 0.25) is 0 Å². The van der Waals surface area contributed by atoms with E-state index in [-0.39, 0.29) is 24.4 Å². The molecule has 0 bridgehead atoms. The number of amides is 1. The average molecular weight is 328 g/mol. The van der Waals surface area contributed by atoms with Crippen LogP contribution in [0, 0.1) is 11.2 Å². The first-order valence-electron chi connectivity index (χ1n) is 8.05. The number of nitrogens with one attached hydrogen (secondary N) is 1. The van der Waals surface area contributed by atoms with Gasteiger partial charge in [0.2, 0.25) is 0 Å². The van der Waals surface area contributed by atoms with Crippen LogP contribution in [-0.4, -0.2) is 16.9 Å². The number of benzene rings is 1. The van der Waals surface area contributed by atoms with Crippen LogP contribution < -0.4 is 10.1 Å². The van der Waals surface area contributed by atoms with Crippen molar-refractivity contribution in [1.29, 1.82) is 0 Å². The van der Waals surface area contributed by atoms with Crippen molar-refractivity contribution >= 4 is 5.91 Å². The monoisotopic (exact) mass is 328 g/mol.